The van der Waals surface area contributed by atoms with Crippen LogP contribution in [0.2, 0.25) is 0 Å². The summed E-state index contributed by atoms with van der Waals surface area (Å²) in [7, 11) is 0. The predicted octanol–water partition coefficient (Wildman–Crippen LogP) is 6.00. The van der Waals surface area contributed by atoms with Gasteiger partial charge in [-0.05, 0) is 60.4 Å². The molecule has 1 aliphatic heterocycles. The highest BCUT2D eigenvalue weighted by Crippen LogP contribution is 2.31. The van der Waals surface area contributed by atoms with E-state index < -0.39 is 35.1 Å². The molecule has 240 valence electrons. The number of ether oxygens (including phenoxy) is 1. The number of carbonyl (C=O) groups is 2. The number of piperazine rings is 1. The summed E-state index contributed by atoms with van der Waals surface area (Å²) in [6.07, 6.45) is 2.96. The van der Waals surface area contributed by atoms with E-state index in [4.69, 9.17) is 4.74 Å². The number of hydrogen-bond donors (Lipinski definition) is 2. The molecule has 11 heteroatoms. The van der Waals surface area contributed by atoms with E-state index >= 15 is 4.39 Å². The maximum Gasteiger partial charge on any atom is 0.226 e. The quantitative estimate of drug-likeness (QED) is 0.187. The first-order valence-corrected chi connectivity index (χ1v) is 15.1. The van der Waals surface area contributed by atoms with Crippen molar-refractivity contribution >= 4 is 17.5 Å². The summed E-state index contributed by atoms with van der Waals surface area (Å²) in [5.41, 5.74) is 1.05. The molecule has 5 rings (SSSR count). The minimum absolute atomic E-state index is 0.0632. The van der Waals surface area contributed by atoms with E-state index in [1.165, 1.54) is 30.5 Å². The Morgan fingerprint density at radius 3 is 2.41 bits per heavy atom. The van der Waals surface area contributed by atoms with Gasteiger partial charge in [0.2, 0.25) is 11.8 Å². The topological polar surface area (TPSA) is 83.6 Å². The highest BCUT2D eigenvalue weighted by molar-refractivity contribution is 5.92. The zero-order valence-electron chi connectivity index (χ0n) is 25.0. The fraction of sp³-hybridized carbons (Fsp3) is 0.286. The average molecular weight is 635 g/mol. The van der Waals surface area contributed by atoms with E-state index in [1.54, 1.807) is 4.90 Å². The van der Waals surface area contributed by atoms with E-state index in [0.29, 0.717) is 37.4 Å². The van der Waals surface area contributed by atoms with E-state index in [0.717, 1.165) is 24.4 Å². The van der Waals surface area contributed by atoms with Crippen LogP contribution in [0.1, 0.15) is 41.9 Å². The third kappa shape index (κ3) is 8.69. The van der Waals surface area contributed by atoms with Crippen LogP contribution in [0.5, 0.6) is 5.75 Å². The number of rotatable bonds is 12. The molecule has 46 heavy (non-hydrogen) atoms. The number of benzene rings is 3. The van der Waals surface area contributed by atoms with Crippen LogP contribution in [0.25, 0.3) is 0 Å². The van der Waals surface area contributed by atoms with Gasteiger partial charge in [-0.15, -0.1) is 0 Å². The van der Waals surface area contributed by atoms with Crippen molar-refractivity contribution in [2.24, 2.45) is 0 Å². The summed E-state index contributed by atoms with van der Waals surface area (Å²) in [5, 5.41) is 6.00. The van der Waals surface area contributed by atoms with Crippen LogP contribution in [-0.2, 0) is 16.0 Å². The Morgan fingerprint density at radius 2 is 1.67 bits per heavy atom. The first-order chi connectivity index (χ1) is 22.3. The highest BCUT2D eigenvalue weighted by atomic mass is 19.1. The van der Waals surface area contributed by atoms with Gasteiger partial charge in [-0.1, -0.05) is 30.3 Å². The van der Waals surface area contributed by atoms with Crippen molar-refractivity contribution in [3.8, 4) is 5.75 Å². The van der Waals surface area contributed by atoms with Crippen molar-refractivity contribution in [1.29, 1.82) is 0 Å². The summed E-state index contributed by atoms with van der Waals surface area (Å²) >= 11 is 0. The van der Waals surface area contributed by atoms with Gasteiger partial charge in [0.05, 0.1) is 31.1 Å². The van der Waals surface area contributed by atoms with Crippen molar-refractivity contribution in [3.05, 3.63) is 125 Å². The SMILES string of the molecule is O=C(CC(c1ccc(F)cc1)c1cc(F)cc(F)c1)Nc1cncc(F)c1CC[C@H]1CNCCN1C(=O)CCOc1ccccc1. The molecule has 7 nitrogen and oxygen atoms in total. The number of halogens is 4. The van der Waals surface area contributed by atoms with Crippen LogP contribution in [0, 0.1) is 23.3 Å². The van der Waals surface area contributed by atoms with Crippen LogP contribution >= 0.6 is 0 Å². The monoisotopic (exact) mass is 634 g/mol. The van der Waals surface area contributed by atoms with E-state index in [-0.39, 0.29) is 54.6 Å². The van der Waals surface area contributed by atoms with Crippen molar-refractivity contribution in [3.63, 3.8) is 0 Å². The Hall–Kier alpha value is -4.77. The lowest BCUT2D eigenvalue weighted by Gasteiger charge is -2.36. The summed E-state index contributed by atoms with van der Waals surface area (Å²) in [4.78, 5) is 32.1. The van der Waals surface area contributed by atoms with Gasteiger partial charge >= 0.3 is 0 Å². The first-order valence-electron chi connectivity index (χ1n) is 15.1. The van der Waals surface area contributed by atoms with Crippen LogP contribution in [0.3, 0.4) is 0 Å². The molecule has 0 bridgehead atoms. The molecular formula is C35H34F4N4O3. The summed E-state index contributed by atoms with van der Waals surface area (Å²) in [6, 6.07) is 17.3. The number of aromatic nitrogens is 1. The van der Waals surface area contributed by atoms with Gasteiger partial charge in [0.15, 0.2) is 0 Å². The average Bonchev–Trinajstić information content (AvgIpc) is 3.04. The van der Waals surface area contributed by atoms with Gasteiger partial charge < -0.3 is 20.3 Å². The van der Waals surface area contributed by atoms with Crippen molar-refractivity contribution in [2.75, 3.05) is 31.6 Å². The van der Waals surface area contributed by atoms with Crippen LogP contribution < -0.4 is 15.4 Å². The van der Waals surface area contributed by atoms with E-state index in [2.05, 4.69) is 15.6 Å². The second kappa shape index (κ2) is 15.5. The predicted molar refractivity (Wildman–Crippen MR) is 165 cm³/mol. The fourth-order valence-electron chi connectivity index (χ4n) is 5.68. The minimum atomic E-state index is -0.812. The van der Waals surface area contributed by atoms with E-state index in [1.807, 2.05) is 30.3 Å². The molecule has 0 saturated carbocycles. The lowest BCUT2D eigenvalue weighted by molar-refractivity contribution is -0.135. The Morgan fingerprint density at radius 1 is 0.935 bits per heavy atom. The Kier molecular flexibility index (Phi) is 11.0. The van der Waals surface area contributed by atoms with Gasteiger partial charge in [-0.25, -0.2) is 17.6 Å². The molecule has 2 amide bonds. The second-order valence-corrected chi connectivity index (χ2v) is 11.1. The lowest BCUT2D eigenvalue weighted by atomic mass is 9.88. The Balaban J connectivity index is 1.26. The van der Waals surface area contributed by atoms with Crippen molar-refractivity contribution in [1.82, 2.24) is 15.2 Å². The third-order valence-electron chi connectivity index (χ3n) is 7.95. The van der Waals surface area contributed by atoms with Gasteiger partial charge in [0.25, 0.3) is 0 Å². The maximum atomic E-state index is 15.1. The molecule has 2 N–H and O–H groups in total. The fourth-order valence-corrected chi connectivity index (χ4v) is 5.68. The third-order valence-corrected chi connectivity index (χ3v) is 7.95. The molecule has 1 unspecified atom stereocenters. The van der Waals surface area contributed by atoms with Crippen LogP contribution in [0.4, 0.5) is 23.2 Å². The van der Waals surface area contributed by atoms with Crippen molar-refractivity contribution in [2.45, 2.75) is 37.6 Å². The van der Waals surface area contributed by atoms with Gasteiger partial charge in [0.1, 0.15) is 29.0 Å². The van der Waals surface area contributed by atoms with Crippen molar-refractivity contribution < 1.29 is 31.9 Å². The summed E-state index contributed by atoms with van der Waals surface area (Å²) < 4.78 is 62.7. The number of hydrogen-bond acceptors (Lipinski definition) is 5. The van der Waals surface area contributed by atoms with Crippen LogP contribution in [0.15, 0.2) is 85.2 Å². The number of pyridine rings is 1. The van der Waals surface area contributed by atoms with Gasteiger partial charge in [-0.3, -0.25) is 14.6 Å². The molecule has 0 radical (unpaired) electrons. The molecular weight excluding hydrogens is 600 g/mol. The standard InChI is InChI=1S/C35H34F4N4O3/c36-25-8-6-23(7-9-25)31(24-16-26(37)18-27(38)17-24)19-34(44)42-33-22-41-21-32(39)30(33)11-10-28-20-40-13-14-43(28)35(45)12-15-46-29-4-2-1-3-5-29/h1-9,16-18,21-22,28,31,40H,10-15,19-20H2,(H,42,44)/t28-,31?/m0/s1. The van der Waals surface area contributed by atoms with E-state index in [9.17, 15) is 22.8 Å². The second-order valence-electron chi connectivity index (χ2n) is 11.1. The Labute approximate surface area is 264 Å². The maximum absolute atomic E-state index is 15.1. The number of para-hydroxylation sites is 1. The highest BCUT2D eigenvalue weighted by Gasteiger charge is 2.27. The number of nitrogens with one attached hydrogen (secondary N) is 2. The number of carbonyl (C=O) groups excluding carboxylic acids is 2. The molecule has 3 aromatic carbocycles. The largest absolute Gasteiger partial charge is 0.493 e. The van der Waals surface area contributed by atoms with Gasteiger partial charge in [0, 0.05) is 49.6 Å². The molecule has 0 spiro atoms. The summed E-state index contributed by atoms with van der Waals surface area (Å²) in [6.45, 7) is 1.90. The smallest absolute Gasteiger partial charge is 0.226 e. The number of anilines is 1. The van der Waals surface area contributed by atoms with Gasteiger partial charge in [-0.2, -0.15) is 0 Å². The summed E-state index contributed by atoms with van der Waals surface area (Å²) in [5.74, 6) is -3.48. The molecule has 0 aliphatic carbocycles. The normalized spacial score (nSPS) is 15.3. The zero-order valence-corrected chi connectivity index (χ0v) is 25.0. The van der Waals surface area contributed by atoms with Crippen LogP contribution in [-0.4, -0.2) is 54.0 Å². The molecule has 1 saturated heterocycles. The molecule has 1 aliphatic rings. The molecule has 4 aromatic rings. The molecule has 2 atom stereocenters. The number of nitrogens with zero attached hydrogens (tertiary/aromatic N) is 2. The first kappa shape index (κ1) is 32.6. The number of amides is 2. The minimum Gasteiger partial charge on any atom is -0.493 e. The molecule has 1 aromatic heterocycles. The lowest BCUT2D eigenvalue weighted by Crippen LogP contribution is -2.54. The Bertz CT molecular complexity index is 1620. The zero-order chi connectivity index (χ0) is 32.5. The molecule has 2 heterocycles. The molecule has 1 fully saturated rings.